The van der Waals surface area contributed by atoms with Crippen molar-refractivity contribution in [1.29, 1.82) is 0 Å². The Bertz CT molecular complexity index is 320. The second-order valence-electron chi connectivity index (χ2n) is 4.38. The van der Waals surface area contributed by atoms with E-state index >= 15 is 0 Å². The summed E-state index contributed by atoms with van der Waals surface area (Å²) < 4.78 is 4.32. The molecule has 0 saturated heterocycles. The molecule has 0 aliphatic heterocycles. The third kappa shape index (κ3) is 4.31. The van der Waals surface area contributed by atoms with Crippen LogP contribution in [0.3, 0.4) is 0 Å². The van der Waals surface area contributed by atoms with Gasteiger partial charge in [-0.2, -0.15) is 4.37 Å². The minimum atomic E-state index is 0.405. The summed E-state index contributed by atoms with van der Waals surface area (Å²) in [5.41, 5.74) is 0. The maximum absolute atomic E-state index is 4.45. The van der Waals surface area contributed by atoms with Crippen molar-refractivity contribution >= 4 is 16.7 Å². The van der Waals surface area contributed by atoms with Gasteiger partial charge in [0.1, 0.15) is 5.82 Å². The lowest BCUT2D eigenvalue weighted by atomic mass is 10.1. The van der Waals surface area contributed by atoms with Gasteiger partial charge in [0, 0.05) is 23.5 Å². The predicted octanol–water partition coefficient (Wildman–Crippen LogP) is 3.82. The Morgan fingerprint density at radius 2 is 2.19 bits per heavy atom. The summed E-state index contributed by atoms with van der Waals surface area (Å²) in [5.74, 6) is 1.34. The van der Waals surface area contributed by atoms with Crippen LogP contribution in [0.4, 0.5) is 5.13 Å². The van der Waals surface area contributed by atoms with Crippen molar-refractivity contribution in [3.05, 3.63) is 18.5 Å². The first-order valence-electron chi connectivity index (χ1n) is 5.84. The maximum Gasteiger partial charge on any atom is 0.202 e. The van der Waals surface area contributed by atoms with Crippen LogP contribution in [0.25, 0.3) is 0 Å². The molecule has 0 aliphatic rings. The van der Waals surface area contributed by atoms with Gasteiger partial charge in [-0.3, -0.25) is 0 Å². The molecular formula is C12H21N3S. The van der Waals surface area contributed by atoms with Crippen molar-refractivity contribution in [3.8, 4) is 0 Å². The zero-order valence-corrected chi connectivity index (χ0v) is 11.2. The van der Waals surface area contributed by atoms with Gasteiger partial charge in [-0.25, -0.2) is 4.98 Å². The van der Waals surface area contributed by atoms with Crippen molar-refractivity contribution in [2.24, 2.45) is 0 Å². The molecule has 0 bridgehead atoms. The topological polar surface area (TPSA) is 37.8 Å². The molecule has 0 saturated carbocycles. The molecular weight excluding hydrogens is 218 g/mol. The Labute approximate surface area is 102 Å². The fourth-order valence-corrected chi connectivity index (χ4v) is 2.20. The van der Waals surface area contributed by atoms with E-state index in [4.69, 9.17) is 0 Å². The maximum atomic E-state index is 4.45. The molecule has 1 aromatic rings. The van der Waals surface area contributed by atoms with E-state index in [-0.39, 0.29) is 0 Å². The van der Waals surface area contributed by atoms with E-state index in [9.17, 15) is 0 Å². The molecule has 90 valence electrons. The van der Waals surface area contributed by atoms with Crippen molar-refractivity contribution < 1.29 is 0 Å². The van der Waals surface area contributed by atoms with E-state index in [1.165, 1.54) is 18.0 Å². The Morgan fingerprint density at radius 1 is 1.44 bits per heavy atom. The van der Waals surface area contributed by atoms with E-state index in [2.05, 4.69) is 42.0 Å². The number of allylic oxidation sites excluding steroid dienone is 1. The van der Waals surface area contributed by atoms with Gasteiger partial charge in [-0.05, 0) is 26.2 Å². The van der Waals surface area contributed by atoms with Gasteiger partial charge in [0.25, 0.3) is 0 Å². The molecule has 0 spiro atoms. The molecule has 4 heteroatoms. The van der Waals surface area contributed by atoms with Crippen LogP contribution >= 0.6 is 11.5 Å². The number of rotatable bonds is 7. The van der Waals surface area contributed by atoms with Crippen LogP contribution in [-0.2, 0) is 0 Å². The minimum Gasteiger partial charge on any atom is -0.358 e. The molecule has 3 nitrogen and oxygen atoms in total. The minimum absolute atomic E-state index is 0.405. The quantitative estimate of drug-likeness (QED) is 0.580. The molecule has 1 N–H and O–H groups in total. The van der Waals surface area contributed by atoms with Gasteiger partial charge >= 0.3 is 0 Å². The zero-order valence-electron chi connectivity index (χ0n) is 10.4. The highest BCUT2D eigenvalue weighted by molar-refractivity contribution is 7.09. The van der Waals surface area contributed by atoms with Crippen molar-refractivity contribution in [3.63, 3.8) is 0 Å². The first-order valence-corrected chi connectivity index (χ1v) is 6.62. The van der Waals surface area contributed by atoms with Crippen molar-refractivity contribution in [2.75, 3.05) is 5.32 Å². The van der Waals surface area contributed by atoms with Gasteiger partial charge in [-0.15, -0.1) is 6.58 Å². The monoisotopic (exact) mass is 239 g/mol. The van der Waals surface area contributed by atoms with Crippen molar-refractivity contribution in [1.82, 2.24) is 9.36 Å². The van der Waals surface area contributed by atoms with E-state index in [0.717, 1.165) is 23.8 Å². The van der Waals surface area contributed by atoms with Gasteiger partial charge in [0.15, 0.2) is 0 Å². The highest BCUT2D eigenvalue weighted by Crippen LogP contribution is 2.18. The molecule has 0 fully saturated rings. The fourth-order valence-electron chi connectivity index (χ4n) is 1.38. The summed E-state index contributed by atoms with van der Waals surface area (Å²) in [6, 6.07) is 0.452. The Balaban J connectivity index is 2.37. The van der Waals surface area contributed by atoms with E-state index in [0.29, 0.717) is 12.0 Å². The smallest absolute Gasteiger partial charge is 0.202 e. The van der Waals surface area contributed by atoms with Gasteiger partial charge < -0.3 is 5.32 Å². The number of nitrogens with zero attached hydrogens (tertiary/aromatic N) is 2. The highest BCUT2D eigenvalue weighted by Gasteiger charge is 2.09. The van der Waals surface area contributed by atoms with Crippen LogP contribution in [-0.4, -0.2) is 15.4 Å². The summed E-state index contributed by atoms with van der Waals surface area (Å²) >= 11 is 1.45. The Kier molecular flexibility index (Phi) is 5.46. The van der Waals surface area contributed by atoms with Gasteiger partial charge in [-0.1, -0.05) is 19.9 Å². The Hall–Kier alpha value is -0.900. The number of hydrogen-bond donors (Lipinski definition) is 1. The fraction of sp³-hybridized carbons (Fsp3) is 0.667. The van der Waals surface area contributed by atoms with Crippen LogP contribution < -0.4 is 5.32 Å². The second kappa shape index (κ2) is 6.63. The number of anilines is 1. The SMILES string of the molecule is C=CCCCC(C)Nc1nc(C(C)C)ns1. The molecule has 1 rings (SSSR count). The van der Waals surface area contributed by atoms with Crippen LogP contribution in [0, 0.1) is 0 Å². The normalized spacial score (nSPS) is 12.8. The van der Waals surface area contributed by atoms with E-state index in [1.54, 1.807) is 0 Å². The van der Waals surface area contributed by atoms with E-state index in [1.807, 2.05) is 6.08 Å². The number of unbranched alkanes of at least 4 members (excludes halogenated alkanes) is 1. The molecule has 0 aromatic carbocycles. The lowest BCUT2D eigenvalue weighted by Crippen LogP contribution is -2.14. The Morgan fingerprint density at radius 3 is 2.75 bits per heavy atom. The van der Waals surface area contributed by atoms with E-state index < -0.39 is 0 Å². The average Bonchev–Trinajstić information content (AvgIpc) is 2.66. The van der Waals surface area contributed by atoms with Crippen LogP contribution in [0.1, 0.15) is 51.8 Å². The van der Waals surface area contributed by atoms with Crippen LogP contribution in [0.2, 0.25) is 0 Å². The lowest BCUT2D eigenvalue weighted by molar-refractivity contribution is 0.662. The third-order valence-electron chi connectivity index (χ3n) is 2.37. The zero-order chi connectivity index (χ0) is 12.0. The second-order valence-corrected chi connectivity index (χ2v) is 5.13. The highest BCUT2D eigenvalue weighted by atomic mass is 32.1. The molecule has 1 atom stereocenters. The summed E-state index contributed by atoms with van der Waals surface area (Å²) in [6.45, 7) is 10.1. The number of aromatic nitrogens is 2. The first kappa shape index (κ1) is 13.2. The molecule has 0 aliphatic carbocycles. The molecule has 16 heavy (non-hydrogen) atoms. The van der Waals surface area contributed by atoms with Gasteiger partial charge in [0.2, 0.25) is 5.13 Å². The lowest BCUT2D eigenvalue weighted by Gasteiger charge is -2.11. The number of hydrogen-bond acceptors (Lipinski definition) is 4. The van der Waals surface area contributed by atoms with Crippen molar-refractivity contribution in [2.45, 2.75) is 52.0 Å². The van der Waals surface area contributed by atoms with Crippen LogP contribution in [0.15, 0.2) is 12.7 Å². The summed E-state index contributed by atoms with van der Waals surface area (Å²) in [6.07, 6.45) is 5.37. The number of nitrogens with one attached hydrogen (secondary N) is 1. The third-order valence-corrected chi connectivity index (χ3v) is 3.03. The molecule has 0 amide bonds. The molecule has 1 unspecified atom stereocenters. The molecule has 0 radical (unpaired) electrons. The first-order chi connectivity index (χ1) is 7.63. The summed E-state index contributed by atoms with van der Waals surface area (Å²) in [5, 5.41) is 4.33. The predicted molar refractivity (Wildman–Crippen MR) is 71.1 cm³/mol. The largest absolute Gasteiger partial charge is 0.358 e. The summed E-state index contributed by atoms with van der Waals surface area (Å²) in [7, 11) is 0. The standard InChI is InChI=1S/C12H21N3S/c1-5-6-7-8-10(4)13-12-14-11(9(2)3)15-16-12/h5,9-10H,1,6-8H2,2-4H3,(H,13,14,15). The van der Waals surface area contributed by atoms with Gasteiger partial charge in [0.05, 0.1) is 0 Å². The van der Waals surface area contributed by atoms with Crippen LogP contribution in [0.5, 0.6) is 0 Å². The average molecular weight is 239 g/mol. The molecule has 1 heterocycles. The molecule has 1 aromatic heterocycles. The summed E-state index contributed by atoms with van der Waals surface area (Å²) in [4.78, 5) is 4.45.